The third-order valence-corrected chi connectivity index (χ3v) is 3.67. The van der Waals surface area contributed by atoms with Crippen LogP contribution in [0.25, 0.3) is 0 Å². The molecule has 0 saturated heterocycles. The van der Waals surface area contributed by atoms with Crippen LogP contribution in [-0.2, 0) is 4.84 Å². The van der Waals surface area contributed by atoms with Gasteiger partial charge in [0.25, 0.3) is 0 Å². The van der Waals surface area contributed by atoms with Crippen molar-refractivity contribution >= 4 is 5.71 Å². The molecule has 2 rings (SSSR count). The van der Waals surface area contributed by atoms with Gasteiger partial charge in [-0.15, -0.1) is 0 Å². The van der Waals surface area contributed by atoms with E-state index in [1.54, 1.807) is 13.2 Å². The first-order valence-electron chi connectivity index (χ1n) is 6.63. The Bertz CT molecular complexity index is 434. The second-order valence-electron chi connectivity index (χ2n) is 5.00. The molecular formula is C15H21NO2. The van der Waals surface area contributed by atoms with Crippen LogP contribution in [0.2, 0.25) is 0 Å². The van der Waals surface area contributed by atoms with Crippen molar-refractivity contribution in [3.05, 3.63) is 29.3 Å². The van der Waals surface area contributed by atoms with E-state index in [1.165, 1.54) is 32.1 Å². The monoisotopic (exact) mass is 247 g/mol. The van der Waals surface area contributed by atoms with E-state index in [-0.39, 0.29) is 0 Å². The van der Waals surface area contributed by atoms with Crippen molar-refractivity contribution in [3.8, 4) is 5.75 Å². The number of hydrogen-bond acceptors (Lipinski definition) is 3. The van der Waals surface area contributed by atoms with Crippen LogP contribution in [-0.4, -0.2) is 17.9 Å². The normalized spacial score (nSPS) is 17.8. The van der Waals surface area contributed by atoms with E-state index >= 15 is 0 Å². The Morgan fingerprint density at radius 1 is 1.28 bits per heavy atom. The number of nitrogens with zero attached hydrogens (tertiary/aromatic N) is 1. The van der Waals surface area contributed by atoms with Crippen LogP contribution < -0.4 is 0 Å². The molecule has 1 aliphatic carbocycles. The summed E-state index contributed by atoms with van der Waals surface area (Å²) in [5, 5.41) is 13.8. The third kappa shape index (κ3) is 2.84. The SMILES string of the molecule is CO/N=C(/c1ccc(O)c(C)c1)C1CCCCC1. The molecule has 18 heavy (non-hydrogen) atoms. The zero-order valence-electron chi connectivity index (χ0n) is 11.1. The summed E-state index contributed by atoms with van der Waals surface area (Å²) in [6.45, 7) is 1.91. The van der Waals surface area contributed by atoms with Gasteiger partial charge in [-0.1, -0.05) is 24.4 Å². The van der Waals surface area contributed by atoms with Gasteiger partial charge in [0.05, 0.1) is 5.71 Å². The molecule has 0 amide bonds. The third-order valence-electron chi connectivity index (χ3n) is 3.67. The highest BCUT2D eigenvalue weighted by molar-refractivity contribution is 6.02. The van der Waals surface area contributed by atoms with Crippen molar-refractivity contribution in [2.24, 2.45) is 11.1 Å². The first-order chi connectivity index (χ1) is 8.72. The van der Waals surface area contributed by atoms with Crippen molar-refractivity contribution in [3.63, 3.8) is 0 Å². The Morgan fingerprint density at radius 3 is 2.61 bits per heavy atom. The summed E-state index contributed by atoms with van der Waals surface area (Å²) in [6, 6.07) is 5.65. The summed E-state index contributed by atoms with van der Waals surface area (Å²) >= 11 is 0. The summed E-state index contributed by atoms with van der Waals surface area (Å²) in [6.07, 6.45) is 6.23. The minimum atomic E-state index is 0.333. The number of hydrogen-bond donors (Lipinski definition) is 1. The van der Waals surface area contributed by atoms with Crippen LogP contribution >= 0.6 is 0 Å². The molecule has 0 spiro atoms. The summed E-state index contributed by atoms with van der Waals surface area (Å²) in [4.78, 5) is 5.01. The fraction of sp³-hybridized carbons (Fsp3) is 0.533. The average Bonchev–Trinajstić information content (AvgIpc) is 2.40. The van der Waals surface area contributed by atoms with Crippen LogP contribution in [0.1, 0.15) is 43.2 Å². The summed E-state index contributed by atoms with van der Waals surface area (Å²) < 4.78 is 0. The van der Waals surface area contributed by atoms with Gasteiger partial charge in [-0.3, -0.25) is 0 Å². The van der Waals surface area contributed by atoms with Crippen molar-refractivity contribution in [2.75, 3.05) is 7.11 Å². The Kier molecular flexibility index (Phi) is 4.24. The van der Waals surface area contributed by atoms with Crippen molar-refractivity contribution < 1.29 is 9.94 Å². The van der Waals surface area contributed by atoms with Crippen molar-refractivity contribution in [1.29, 1.82) is 0 Å². The Balaban J connectivity index is 2.28. The molecule has 0 atom stereocenters. The smallest absolute Gasteiger partial charge is 0.118 e. The minimum absolute atomic E-state index is 0.333. The van der Waals surface area contributed by atoms with Gasteiger partial charge in [-0.25, -0.2) is 0 Å². The zero-order chi connectivity index (χ0) is 13.0. The Morgan fingerprint density at radius 2 is 2.00 bits per heavy atom. The number of phenols is 1. The number of oxime groups is 1. The molecule has 3 nitrogen and oxygen atoms in total. The number of aromatic hydroxyl groups is 1. The van der Waals surface area contributed by atoms with E-state index in [1.807, 2.05) is 19.1 Å². The Hall–Kier alpha value is -1.51. The van der Waals surface area contributed by atoms with E-state index in [2.05, 4.69) is 5.16 Å². The summed E-state index contributed by atoms with van der Waals surface area (Å²) in [5.74, 6) is 0.821. The molecule has 1 fully saturated rings. The molecule has 1 aromatic rings. The van der Waals surface area contributed by atoms with E-state index in [0.717, 1.165) is 16.8 Å². The predicted molar refractivity (Wildman–Crippen MR) is 73.0 cm³/mol. The number of rotatable bonds is 3. The highest BCUT2D eigenvalue weighted by Gasteiger charge is 2.21. The molecule has 98 valence electrons. The molecule has 1 saturated carbocycles. The molecule has 3 heteroatoms. The fourth-order valence-corrected chi connectivity index (χ4v) is 2.65. The maximum absolute atomic E-state index is 9.59. The van der Waals surface area contributed by atoms with Crippen LogP contribution in [0.5, 0.6) is 5.75 Å². The molecule has 1 aliphatic rings. The molecule has 1 aromatic carbocycles. The van der Waals surface area contributed by atoms with Gasteiger partial charge >= 0.3 is 0 Å². The lowest BCUT2D eigenvalue weighted by Crippen LogP contribution is -2.19. The largest absolute Gasteiger partial charge is 0.508 e. The summed E-state index contributed by atoms with van der Waals surface area (Å²) in [5.41, 5.74) is 2.98. The highest BCUT2D eigenvalue weighted by Crippen LogP contribution is 2.29. The first-order valence-corrected chi connectivity index (χ1v) is 6.63. The van der Waals surface area contributed by atoms with Gasteiger partial charge in [-0.2, -0.15) is 0 Å². The zero-order valence-corrected chi connectivity index (χ0v) is 11.1. The lowest BCUT2D eigenvalue weighted by Gasteiger charge is -2.23. The van der Waals surface area contributed by atoms with Crippen molar-refractivity contribution in [1.82, 2.24) is 0 Å². The number of aryl methyl sites for hydroxylation is 1. The van der Waals surface area contributed by atoms with Crippen LogP contribution in [0.3, 0.4) is 0 Å². The first kappa shape index (κ1) is 12.9. The van der Waals surface area contributed by atoms with E-state index in [4.69, 9.17) is 4.84 Å². The van der Waals surface area contributed by atoms with Gasteiger partial charge in [0, 0.05) is 11.5 Å². The molecule has 0 aromatic heterocycles. The minimum Gasteiger partial charge on any atom is -0.508 e. The second kappa shape index (κ2) is 5.89. The van der Waals surface area contributed by atoms with Crippen LogP contribution in [0.15, 0.2) is 23.4 Å². The van der Waals surface area contributed by atoms with Crippen LogP contribution in [0, 0.1) is 12.8 Å². The molecule has 0 aliphatic heterocycles. The fourth-order valence-electron chi connectivity index (χ4n) is 2.65. The van der Waals surface area contributed by atoms with Gasteiger partial charge < -0.3 is 9.94 Å². The van der Waals surface area contributed by atoms with Gasteiger partial charge in [0.15, 0.2) is 0 Å². The molecule has 0 heterocycles. The second-order valence-corrected chi connectivity index (χ2v) is 5.00. The maximum Gasteiger partial charge on any atom is 0.118 e. The number of benzene rings is 1. The lowest BCUT2D eigenvalue weighted by molar-refractivity contribution is 0.210. The number of phenolic OH excluding ortho intramolecular Hbond substituents is 1. The van der Waals surface area contributed by atoms with E-state index in [9.17, 15) is 5.11 Å². The van der Waals surface area contributed by atoms with Crippen molar-refractivity contribution in [2.45, 2.75) is 39.0 Å². The predicted octanol–water partition coefficient (Wildman–Crippen LogP) is 3.63. The lowest BCUT2D eigenvalue weighted by atomic mass is 9.83. The standard InChI is InChI=1S/C15H21NO2/c1-11-10-13(8-9-14(11)17)15(16-18-2)12-6-4-3-5-7-12/h8-10,12,17H,3-7H2,1-2H3/b16-15+. The summed E-state index contributed by atoms with van der Waals surface area (Å²) in [7, 11) is 1.59. The average molecular weight is 247 g/mol. The molecule has 0 bridgehead atoms. The maximum atomic E-state index is 9.59. The highest BCUT2D eigenvalue weighted by atomic mass is 16.6. The quantitative estimate of drug-likeness (QED) is 0.654. The van der Waals surface area contributed by atoms with Gasteiger partial charge in [-0.05, 0) is 43.5 Å². The van der Waals surface area contributed by atoms with E-state index < -0.39 is 0 Å². The Labute approximate surface area is 108 Å². The molecular weight excluding hydrogens is 226 g/mol. The molecule has 0 unspecified atom stereocenters. The topological polar surface area (TPSA) is 41.8 Å². The van der Waals surface area contributed by atoms with Crippen LogP contribution in [0.4, 0.5) is 0 Å². The molecule has 0 radical (unpaired) electrons. The van der Waals surface area contributed by atoms with Gasteiger partial charge in [0.2, 0.25) is 0 Å². The van der Waals surface area contributed by atoms with E-state index in [0.29, 0.717) is 11.7 Å². The van der Waals surface area contributed by atoms with Gasteiger partial charge in [0.1, 0.15) is 12.9 Å². The molecule has 1 N–H and O–H groups in total.